The van der Waals surface area contributed by atoms with Gasteiger partial charge >= 0.3 is 0 Å². The van der Waals surface area contributed by atoms with Gasteiger partial charge in [-0.3, -0.25) is 0 Å². The van der Waals surface area contributed by atoms with Crippen molar-refractivity contribution < 1.29 is 9.13 Å². The first-order chi connectivity index (χ1) is 7.98. The predicted molar refractivity (Wildman–Crippen MR) is 68.7 cm³/mol. The van der Waals surface area contributed by atoms with E-state index in [1.807, 2.05) is 13.0 Å². The molecule has 0 spiro atoms. The SMILES string of the molecule is CCOc1ccc(CC(C)(C)CCN)cc1F. The molecule has 17 heavy (non-hydrogen) atoms. The summed E-state index contributed by atoms with van der Waals surface area (Å²) in [4.78, 5) is 0. The lowest BCUT2D eigenvalue weighted by atomic mass is 9.83. The second kappa shape index (κ2) is 6.01. The van der Waals surface area contributed by atoms with Gasteiger partial charge < -0.3 is 10.5 Å². The maximum absolute atomic E-state index is 13.6. The van der Waals surface area contributed by atoms with Gasteiger partial charge in [-0.05, 0) is 49.4 Å². The van der Waals surface area contributed by atoms with E-state index in [0.29, 0.717) is 18.9 Å². The highest BCUT2D eigenvalue weighted by atomic mass is 19.1. The first-order valence-electron chi connectivity index (χ1n) is 6.10. The van der Waals surface area contributed by atoms with E-state index >= 15 is 0 Å². The Morgan fingerprint density at radius 1 is 1.35 bits per heavy atom. The molecule has 0 saturated heterocycles. The number of rotatable bonds is 6. The Morgan fingerprint density at radius 3 is 2.59 bits per heavy atom. The summed E-state index contributed by atoms with van der Waals surface area (Å²) in [6.45, 7) is 7.28. The molecule has 0 atom stereocenters. The molecule has 0 fully saturated rings. The molecule has 0 unspecified atom stereocenters. The van der Waals surface area contributed by atoms with E-state index in [4.69, 9.17) is 10.5 Å². The van der Waals surface area contributed by atoms with Crippen LogP contribution < -0.4 is 10.5 Å². The highest BCUT2D eigenvalue weighted by Gasteiger charge is 2.18. The third-order valence-electron chi connectivity index (χ3n) is 2.80. The van der Waals surface area contributed by atoms with E-state index < -0.39 is 0 Å². The maximum atomic E-state index is 13.6. The summed E-state index contributed by atoms with van der Waals surface area (Å²) in [6, 6.07) is 5.18. The molecule has 1 aromatic carbocycles. The third kappa shape index (κ3) is 4.35. The van der Waals surface area contributed by atoms with E-state index in [2.05, 4.69) is 13.8 Å². The average Bonchev–Trinajstić information content (AvgIpc) is 2.21. The van der Waals surface area contributed by atoms with Crippen molar-refractivity contribution in [1.82, 2.24) is 0 Å². The van der Waals surface area contributed by atoms with Crippen molar-refractivity contribution in [3.05, 3.63) is 29.6 Å². The summed E-state index contributed by atoms with van der Waals surface area (Å²) < 4.78 is 18.8. The van der Waals surface area contributed by atoms with Crippen molar-refractivity contribution in [2.24, 2.45) is 11.1 Å². The fraction of sp³-hybridized carbons (Fsp3) is 0.571. The van der Waals surface area contributed by atoms with Gasteiger partial charge in [-0.2, -0.15) is 0 Å². The van der Waals surface area contributed by atoms with Gasteiger partial charge in [0.15, 0.2) is 11.6 Å². The smallest absolute Gasteiger partial charge is 0.165 e. The van der Waals surface area contributed by atoms with Crippen LogP contribution in [0.4, 0.5) is 4.39 Å². The minimum absolute atomic E-state index is 0.105. The Bertz CT molecular complexity index is 363. The van der Waals surface area contributed by atoms with Crippen LogP contribution in [0.25, 0.3) is 0 Å². The van der Waals surface area contributed by atoms with Crippen LogP contribution in [0.5, 0.6) is 5.75 Å². The Morgan fingerprint density at radius 2 is 2.06 bits per heavy atom. The van der Waals surface area contributed by atoms with Gasteiger partial charge in [-0.1, -0.05) is 19.9 Å². The minimum Gasteiger partial charge on any atom is -0.491 e. The lowest BCUT2D eigenvalue weighted by molar-refractivity contribution is 0.318. The van der Waals surface area contributed by atoms with Crippen molar-refractivity contribution in [3.63, 3.8) is 0 Å². The summed E-state index contributed by atoms with van der Waals surface area (Å²) >= 11 is 0. The maximum Gasteiger partial charge on any atom is 0.165 e. The molecule has 0 radical (unpaired) electrons. The molecule has 3 heteroatoms. The highest BCUT2D eigenvalue weighted by molar-refractivity contribution is 5.29. The molecule has 2 N–H and O–H groups in total. The molecule has 0 aromatic heterocycles. The molecule has 0 bridgehead atoms. The van der Waals surface area contributed by atoms with Crippen molar-refractivity contribution in [2.75, 3.05) is 13.2 Å². The molecule has 0 aliphatic heterocycles. The highest BCUT2D eigenvalue weighted by Crippen LogP contribution is 2.27. The largest absolute Gasteiger partial charge is 0.491 e. The number of nitrogens with two attached hydrogens (primary N) is 1. The summed E-state index contributed by atoms with van der Waals surface area (Å²) in [6.07, 6.45) is 1.76. The number of ether oxygens (including phenoxy) is 1. The molecule has 0 aliphatic rings. The lowest BCUT2D eigenvalue weighted by Crippen LogP contribution is -2.19. The van der Waals surface area contributed by atoms with Gasteiger partial charge in [0, 0.05) is 0 Å². The standard InChI is InChI=1S/C14H22FNO/c1-4-17-13-6-5-11(9-12(13)15)10-14(2,3)7-8-16/h5-6,9H,4,7-8,10,16H2,1-3H3. The first-order valence-corrected chi connectivity index (χ1v) is 6.10. The van der Waals surface area contributed by atoms with Crippen molar-refractivity contribution in [1.29, 1.82) is 0 Å². The Hall–Kier alpha value is -1.09. The van der Waals surface area contributed by atoms with Gasteiger partial charge in [0.25, 0.3) is 0 Å². The molecule has 2 nitrogen and oxygen atoms in total. The second-order valence-electron chi connectivity index (χ2n) is 5.08. The molecule has 0 saturated carbocycles. The molecule has 0 heterocycles. The van der Waals surface area contributed by atoms with Gasteiger partial charge in [-0.25, -0.2) is 4.39 Å². The van der Waals surface area contributed by atoms with E-state index in [1.165, 1.54) is 0 Å². The number of halogens is 1. The fourth-order valence-electron chi connectivity index (χ4n) is 1.96. The Kier molecular flexibility index (Phi) is 4.94. The zero-order chi connectivity index (χ0) is 12.9. The van der Waals surface area contributed by atoms with E-state index in [0.717, 1.165) is 18.4 Å². The number of benzene rings is 1. The quantitative estimate of drug-likeness (QED) is 0.827. The summed E-state index contributed by atoms with van der Waals surface area (Å²) in [5.74, 6) is 0.0424. The van der Waals surface area contributed by atoms with Crippen LogP contribution in [0.3, 0.4) is 0 Å². The van der Waals surface area contributed by atoms with Crippen LogP contribution >= 0.6 is 0 Å². The Labute approximate surface area is 103 Å². The van der Waals surface area contributed by atoms with Crippen LogP contribution in [-0.2, 0) is 6.42 Å². The van der Waals surface area contributed by atoms with Crippen LogP contribution in [0.1, 0.15) is 32.8 Å². The molecule has 96 valence electrons. The van der Waals surface area contributed by atoms with E-state index in [1.54, 1.807) is 12.1 Å². The number of hydrogen-bond acceptors (Lipinski definition) is 2. The zero-order valence-corrected chi connectivity index (χ0v) is 10.9. The average molecular weight is 239 g/mol. The lowest BCUT2D eigenvalue weighted by Gasteiger charge is -2.24. The van der Waals surface area contributed by atoms with Crippen LogP contribution in [-0.4, -0.2) is 13.2 Å². The van der Waals surface area contributed by atoms with Gasteiger partial charge in [0.1, 0.15) is 0 Å². The van der Waals surface area contributed by atoms with Crippen LogP contribution in [0.15, 0.2) is 18.2 Å². The summed E-state index contributed by atoms with van der Waals surface area (Å²) in [7, 11) is 0. The summed E-state index contributed by atoms with van der Waals surface area (Å²) in [5.41, 5.74) is 6.66. The fourth-order valence-corrected chi connectivity index (χ4v) is 1.96. The van der Waals surface area contributed by atoms with Gasteiger partial charge in [0.05, 0.1) is 6.61 Å². The van der Waals surface area contributed by atoms with Crippen molar-refractivity contribution in [2.45, 2.75) is 33.6 Å². The monoisotopic (exact) mass is 239 g/mol. The zero-order valence-electron chi connectivity index (χ0n) is 10.9. The minimum atomic E-state index is -0.284. The summed E-state index contributed by atoms with van der Waals surface area (Å²) in [5, 5.41) is 0. The Balaban J connectivity index is 2.76. The molecule has 1 aromatic rings. The number of hydrogen-bond donors (Lipinski definition) is 1. The normalized spacial score (nSPS) is 11.6. The third-order valence-corrected chi connectivity index (χ3v) is 2.80. The van der Waals surface area contributed by atoms with E-state index in [9.17, 15) is 4.39 Å². The van der Waals surface area contributed by atoms with E-state index in [-0.39, 0.29) is 11.2 Å². The molecule has 0 amide bonds. The predicted octanol–water partition coefficient (Wildman–Crippen LogP) is 3.14. The molecular weight excluding hydrogens is 217 g/mol. The van der Waals surface area contributed by atoms with Crippen LogP contribution in [0.2, 0.25) is 0 Å². The molecule has 0 aliphatic carbocycles. The second-order valence-corrected chi connectivity index (χ2v) is 5.08. The first kappa shape index (κ1) is 14.0. The molecular formula is C14H22FNO. The van der Waals surface area contributed by atoms with Crippen LogP contribution in [0, 0.1) is 11.2 Å². The molecule has 1 rings (SSSR count). The van der Waals surface area contributed by atoms with Gasteiger partial charge in [-0.15, -0.1) is 0 Å². The van der Waals surface area contributed by atoms with Gasteiger partial charge in [0.2, 0.25) is 0 Å². The topological polar surface area (TPSA) is 35.2 Å². The van der Waals surface area contributed by atoms with Crippen molar-refractivity contribution >= 4 is 0 Å². The van der Waals surface area contributed by atoms with Crippen molar-refractivity contribution in [3.8, 4) is 5.75 Å².